The fraction of sp³-hybridized carbons (Fsp3) is 0.312. The van der Waals surface area contributed by atoms with Crippen molar-refractivity contribution in [3.8, 4) is 11.6 Å². The Morgan fingerprint density at radius 2 is 1.89 bits per heavy atom. The van der Waals surface area contributed by atoms with E-state index in [1.165, 1.54) is 11.1 Å². The summed E-state index contributed by atoms with van der Waals surface area (Å²) in [6.07, 6.45) is 1.76. The lowest BCUT2D eigenvalue weighted by molar-refractivity contribution is 0.458. The van der Waals surface area contributed by atoms with Gasteiger partial charge in [-0.3, -0.25) is 0 Å². The molecule has 0 aliphatic carbocycles. The zero-order chi connectivity index (χ0) is 14.0. The Balaban J connectivity index is 2.26. The number of pyridine rings is 1. The monoisotopic (exact) mass is 256 g/mol. The van der Waals surface area contributed by atoms with Gasteiger partial charge in [0.2, 0.25) is 5.88 Å². The molecule has 100 valence electrons. The number of aryl methyl sites for hydroxylation is 2. The van der Waals surface area contributed by atoms with Crippen molar-refractivity contribution in [2.45, 2.75) is 33.7 Å². The topological polar surface area (TPSA) is 48.1 Å². The summed E-state index contributed by atoms with van der Waals surface area (Å²) in [5.41, 5.74) is 10.4. The summed E-state index contributed by atoms with van der Waals surface area (Å²) in [5, 5.41) is 0. The van der Waals surface area contributed by atoms with Crippen molar-refractivity contribution in [3.63, 3.8) is 0 Å². The van der Waals surface area contributed by atoms with Crippen LogP contribution in [0.3, 0.4) is 0 Å². The number of benzene rings is 1. The van der Waals surface area contributed by atoms with Gasteiger partial charge in [-0.1, -0.05) is 12.1 Å². The summed E-state index contributed by atoms with van der Waals surface area (Å²) in [6, 6.07) is 7.98. The maximum Gasteiger partial charge on any atom is 0.219 e. The van der Waals surface area contributed by atoms with E-state index in [2.05, 4.69) is 31.8 Å². The number of hydrogen-bond donors (Lipinski definition) is 1. The second-order valence-corrected chi connectivity index (χ2v) is 5.03. The Labute approximate surface area is 114 Å². The predicted molar refractivity (Wildman–Crippen MR) is 77.6 cm³/mol. The Kier molecular flexibility index (Phi) is 3.86. The summed E-state index contributed by atoms with van der Waals surface area (Å²) in [6.45, 7) is 8.14. The van der Waals surface area contributed by atoms with Gasteiger partial charge in [0.1, 0.15) is 5.75 Å². The van der Waals surface area contributed by atoms with Crippen LogP contribution in [0, 0.1) is 20.8 Å². The third-order valence-corrected chi connectivity index (χ3v) is 3.26. The van der Waals surface area contributed by atoms with Crippen molar-refractivity contribution >= 4 is 0 Å². The molecule has 0 aliphatic heterocycles. The molecule has 2 N–H and O–H groups in total. The summed E-state index contributed by atoms with van der Waals surface area (Å²) < 4.78 is 5.85. The molecule has 3 heteroatoms. The van der Waals surface area contributed by atoms with Crippen molar-refractivity contribution in [1.29, 1.82) is 0 Å². The lowest BCUT2D eigenvalue weighted by atomic mass is 10.1. The normalized spacial score (nSPS) is 12.3. The smallest absolute Gasteiger partial charge is 0.219 e. The van der Waals surface area contributed by atoms with Crippen molar-refractivity contribution in [2.24, 2.45) is 5.73 Å². The first-order valence-electron chi connectivity index (χ1n) is 6.44. The summed E-state index contributed by atoms with van der Waals surface area (Å²) >= 11 is 0. The summed E-state index contributed by atoms with van der Waals surface area (Å²) in [7, 11) is 0. The molecule has 0 unspecified atom stereocenters. The fourth-order valence-electron chi connectivity index (χ4n) is 1.94. The molecule has 0 fully saturated rings. The number of nitrogens with two attached hydrogens (primary N) is 1. The van der Waals surface area contributed by atoms with Crippen molar-refractivity contribution in [3.05, 3.63) is 52.7 Å². The first-order valence-corrected chi connectivity index (χ1v) is 6.44. The number of aromatic nitrogens is 1. The number of ether oxygens (including phenoxy) is 1. The third-order valence-electron chi connectivity index (χ3n) is 3.26. The average Bonchev–Trinajstić information content (AvgIpc) is 2.36. The molecule has 0 spiro atoms. The first kappa shape index (κ1) is 13.6. The largest absolute Gasteiger partial charge is 0.439 e. The van der Waals surface area contributed by atoms with Crippen LogP contribution in [0.25, 0.3) is 0 Å². The first-order chi connectivity index (χ1) is 8.97. The van der Waals surface area contributed by atoms with E-state index in [0.717, 1.165) is 16.9 Å². The van der Waals surface area contributed by atoms with Crippen LogP contribution in [0.1, 0.15) is 35.2 Å². The van der Waals surface area contributed by atoms with Crippen LogP contribution in [-0.4, -0.2) is 4.98 Å². The van der Waals surface area contributed by atoms with E-state index < -0.39 is 0 Å². The van der Waals surface area contributed by atoms with E-state index in [0.29, 0.717) is 5.88 Å². The van der Waals surface area contributed by atoms with Crippen LogP contribution in [0.15, 0.2) is 30.5 Å². The van der Waals surface area contributed by atoms with E-state index in [1.807, 2.05) is 25.1 Å². The maximum absolute atomic E-state index is 5.85. The molecule has 0 amide bonds. The molecule has 3 nitrogen and oxygen atoms in total. The standard InChI is InChI=1S/C16H20N2O/c1-10-7-11(2)12(3)15(8-10)19-16-6-5-14(9-18-16)13(4)17/h5-9,13H,17H2,1-4H3/t13-/m1/s1. The Morgan fingerprint density at radius 1 is 1.16 bits per heavy atom. The molecule has 2 aromatic rings. The van der Waals surface area contributed by atoms with E-state index in [1.54, 1.807) is 6.20 Å². The molecular formula is C16H20N2O. The molecule has 0 saturated carbocycles. The van der Waals surface area contributed by atoms with Gasteiger partial charge in [0.05, 0.1) is 0 Å². The minimum absolute atomic E-state index is 0.00972. The quantitative estimate of drug-likeness (QED) is 0.908. The third kappa shape index (κ3) is 3.12. The SMILES string of the molecule is Cc1cc(C)c(C)c(Oc2ccc([C@@H](C)N)cn2)c1. The van der Waals surface area contributed by atoms with E-state index in [4.69, 9.17) is 10.5 Å². The zero-order valence-corrected chi connectivity index (χ0v) is 11.9. The van der Waals surface area contributed by atoms with Gasteiger partial charge in [-0.15, -0.1) is 0 Å². The van der Waals surface area contributed by atoms with Crippen LogP contribution >= 0.6 is 0 Å². The number of rotatable bonds is 3. The van der Waals surface area contributed by atoms with Crippen molar-refractivity contribution in [2.75, 3.05) is 0 Å². The van der Waals surface area contributed by atoms with Crippen LogP contribution in [-0.2, 0) is 0 Å². The number of hydrogen-bond acceptors (Lipinski definition) is 3. The van der Waals surface area contributed by atoms with Crippen LogP contribution in [0.4, 0.5) is 0 Å². The van der Waals surface area contributed by atoms with Gasteiger partial charge >= 0.3 is 0 Å². The highest BCUT2D eigenvalue weighted by molar-refractivity contribution is 5.43. The van der Waals surface area contributed by atoms with Crippen LogP contribution in [0.2, 0.25) is 0 Å². The molecule has 1 aromatic carbocycles. The molecule has 2 rings (SSSR count). The van der Waals surface area contributed by atoms with Gasteiger partial charge in [0.15, 0.2) is 0 Å². The molecule has 0 bridgehead atoms. The lowest BCUT2D eigenvalue weighted by Crippen LogP contribution is -2.05. The highest BCUT2D eigenvalue weighted by atomic mass is 16.5. The second kappa shape index (κ2) is 5.41. The molecule has 0 saturated heterocycles. The predicted octanol–water partition coefficient (Wildman–Crippen LogP) is 3.82. The fourth-order valence-corrected chi connectivity index (χ4v) is 1.94. The van der Waals surface area contributed by atoms with Gasteiger partial charge in [-0.25, -0.2) is 4.98 Å². The van der Waals surface area contributed by atoms with Gasteiger partial charge in [-0.2, -0.15) is 0 Å². The highest BCUT2D eigenvalue weighted by Crippen LogP contribution is 2.27. The summed E-state index contributed by atoms with van der Waals surface area (Å²) in [5.74, 6) is 1.45. The van der Waals surface area contributed by atoms with Gasteiger partial charge in [0.25, 0.3) is 0 Å². The number of nitrogens with zero attached hydrogens (tertiary/aromatic N) is 1. The lowest BCUT2D eigenvalue weighted by Gasteiger charge is -2.12. The Hall–Kier alpha value is -1.87. The maximum atomic E-state index is 5.85. The molecule has 1 heterocycles. The Bertz CT molecular complexity index is 574. The summed E-state index contributed by atoms with van der Waals surface area (Å²) in [4.78, 5) is 4.29. The molecule has 19 heavy (non-hydrogen) atoms. The van der Waals surface area contributed by atoms with E-state index in [9.17, 15) is 0 Å². The molecule has 0 radical (unpaired) electrons. The molecule has 1 atom stereocenters. The van der Waals surface area contributed by atoms with Gasteiger partial charge < -0.3 is 10.5 Å². The molecule has 0 aliphatic rings. The Morgan fingerprint density at radius 3 is 2.47 bits per heavy atom. The van der Waals surface area contributed by atoms with Crippen LogP contribution in [0.5, 0.6) is 11.6 Å². The van der Waals surface area contributed by atoms with E-state index >= 15 is 0 Å². The van der Waals surface area contributed by atoms with Gasteiger partial charge in [-0.05, 0) is 56.0 Å². The van der Waals surface area contributed by atoms with Gasteiger partial charge in [0, 0.05) is 18.3 Å². The van der Waals surface area contributed by atoms with Crippen LogP contribution < -0.4 is 10.5 Å². The second-order valence-electron chi connectivity index (χ2n) is 5.03. The van der Waals surface area contributed by atoms with E-state index in [-0.39, 0.29) is 6.04 Å². The zero-order valence-electron chi connectivity index (χ0n) is 11.9. The minimum atomic E-state index is -0.00972. The molecule has 1 aromatic heterocycles. The van der Waals surface area contributed by atoms with Crippen molar-refractivity contribution < 1.29 is 4.74 Å². The highest BCUT2D eigenvalue weighted by Gasteiger charge is 2.07. The average molecular weight is 256 g/mol. The molecular weight excluding hydrogens is 236 g/mol. The minimum Gasteiger partial charge on any atom is -0.439 e. The van der Waals surface area contributed by atoms with Crippen molar-refractivity contribution in [1.82, 2.24) is 4.98 Å².